The molecule has 5 heteroatoms. The van der Waals surface area contributed by atoms with Gasteiger partial charge in [-0.3, -0.25) is 9.78 Å². The molecule has 0 aliphatic carbocycles. The standard InChI is InChI=1S/C17H20N4O/c1-12-4-6-14(7-5-12)15-9-16(21-20-15)17(22)19-11-13-3-2-8-18-10-13/h2-8,10,15-16,20-21H,9,11H2,1H3,(H,19,22). The zero-order valence-corrected chi connectivity index (χ0v) is 12.5. The van der Waals surface area contributed by atoms with Gasteiger partial charge >= 0.3 is 0 Å². The molecule has 1 saturated heterocycles. The molecule has 2 atom stereocenters. The highest BCUT2D eigenvalue weighted by atomic mass is 16.2. The molecule has 0 bridgehead atoms. The number of amides is 1. The largest absolute Gasteiger partial charge is 0.351 e. The van der Waals surface area contributed by atoms with E-state index >= 15 is 0 Å². The molecule has 22 heavy (non-hydrogen) atoms. The molecule has 114 valence electrons. The summed E-state index contributed by atoms with van der Waals surface area (Å²) in [6.07, 6.45) is 4.22. The minimum absolute atomic E-state index is 0.00552. The predicted molar refractivity (Wildman–Crippen MR) is 84.7 cm³/mol. The van der Waals surface area contributed by atoms with E-state index in [2.05, 4.69) is 52.3 Å². The molecule has 1 aliphatic rings. The van der Waals surface area contributed by atoms with Gasteiger partial charge in [-0.25, -0.2) is 10.9 Å². The second kappa shape index (κ2) is 6.68. The molecule has 2 heterocycles. The number of aromatic nitrogens is 1. The summed E-state index contributed by atoms with van der Waals surface area (Å²) in [6, 6.07) is 12.1. The quantitative estimate of drug-likeness (QED) is 0.802. The molecule has 1 aromatic carbocycles. The molecule has 0 radical (unpaired) electrons. The van der Waals surface area contributed by atoms with Gasteiger partial charge in [-0.2, -0.15) is 0 Å². The van der Waals surface area contributed by atoms with Crippen LogP contribution in [0.25, 0.3) is 0 Å². The van der Waals surface area contributed by atoms with Crippen molar-refractivity contribution in [3.05, 3.63) is 65.5 Å². The third-order valence-corrected chi connectivity index (χ3v) is 3.89. The number of hydrazine groups is 1. The van der Waals surface area contributed by atoms with Crippen LogP contribution in [-0.4, -0.2) is 16.9 Å². The van der Waals surface area contributed by atoms with E-state index in [-0.39, 0.29) is 18.0 Å². The SMILES string of the molecule is Cc1ccc(C2CC(C(=O)NCc3cccnc3)NN2)cc1. The lowest BCUT2D eigenvalue weighted by Gasteiger charge is -2.11. The number of pyridine rings is 1. The third kappa shape index (κ3) is 3.50. The fourth-order valence-corrected chi connectivity index (χ4v) is 2.56. The van der Waals surface area contributed by atoms with E-state index in [0.29, 0.717) is 6.54 Å². The van der Waals surface area contributed by atoms with Gasteiger partial charge in [0.1, 0.15) is 6.04 Å². The number of aryl methyl sites for hydroxylation is 1. The Morgan fingerprint density at radius 3 is 2.82 bits per heavy atom. The molecule has 1 aromatic heterocycles. The molecular weight excluding hydrogens is 276 g/mol. The first kappa shape index (κ1) is 14.7. The number of rotatable bonds is 4. The predicted octanol–water partition coefficient (Wildman–Crippen LogP) is 1.61. The molecule has 3 N–H and O–H groups in total. The van der Waals surface area contributed by atoms with Crippen LogP contribution in [0.3, 0.4) is 0 Å². The fraction of sp³-hybridized carbons (Fsp3) is 0.294. The van der Waals surface area contributed by atoms with Gasteiger partial charge in [0, 0.05) is 25.0 Å². The van der Waals surface area contributed by atoms with Crippen LogP contribution in [0, 0.1) is 6.92 Å². The fourth-order valence-electron chi connectivity index (χ4n) is 2.56. The van der Waals surface area contributed by atoms with Gasteiger partial charge in [0.2, 0.25) is 5.91 Å². The zero-order valence-electron chi connectivity index (χ0n) is 12.5. The number of benzene rings is 1. The van der Waals surface area contributed by atoms with E-state index < -0.39 is 0 Å². The molecule has 1 fully saturated rings. The highest BCUT2D eigenvalue weighted by molar-refractivity contribution is 5.82. The van der Waals surface area contributed by atoms with Crippen LogP contribution in [-0.2, 0) is 11.3 Å². The van der Waals surface area contributed by atoms with Crippen molar-refractivity contribution in [1.29, 1.82) is 0 Å². The lowest BCUT2D eigenvalue weighted by atomic mass is 10.0. The molecule has 3 rings (SSSR count). The molecule has 2 aromatic rings. The maximum atomic E-state index is 12.2. The second-order valence-electron chi connectivity index (χ2n) is 5.62. The summed E-state index contributed by atoms with van der Waals surface area (Å²) in [6.45, 7) is 2.57. The van der Waals surface area contributed by atoms with Crippen LogP contribution < -0.4 is 16.2 Å². The number of carbonyl (C=O) groups excluding carboxylic acids is 1. The Bertz CT molecular complexity index is 627. The Hall–Kier alpha value is -2.24. The van der Waals surface area contributed by atoms with E-state index in [1.54, 1.807) is 12.4 Å². The maximum absolute atomic E-state index is 12.2. The summed E-state index contributed by atoms with van der Waals surface area (Å²) in [5.74, 6) is 0.00552. The maximum Gasteiger partial charge on any atom is 0.238 e. The van der Waals surface area contributed by atoms with Gasteiger partial charge in [0.15, 0.2) is 0 Å². The first-order valence-corrected chi connectivity index (χ1v) is 7.46. The van der Waals surface area contributed by atoms with Gasteiger partial charge in [0.25, 0.3) is 0 Å². The average Bonchev–Trinajstić information content (AvgIpc) is 3.04. The molecule has 2 unspecified atom stereocenters. The second-order valence-corrected chi connectivity index (χ2v) is 5.62. The summed E-state index contributed by atoms with van der Waals surface area (Å²) >= 11 is 0. The molecule has 1 amide bonds. The zero-order chi connectivity index (χ0) is 15.4. The lowest BCUT2D eigenvalue weighted by Crippen LogP contribution is -2.42. The van der Waals surface area contributed by atoms with E-state index in [1.807, 2.05) is 12.1 Å². The summed E-state index contributed by atoms with van der Waals surface area (Å²) in [5, 5.41) is 2.94. The van der Waals surface area contributed by atoms with Crippen molar-refractivity contribution in [1.82, 2.24) is 21.2 Å². The van der Waals surface area contributed by atoms with E-state index in [1.165, 1.54) is 11.1 Å². The third-order valence-electron chi connectivity index (χ3n) is 3.89. The lowest BCUT2D eigenvalue weighted by molar-refractivity contribution is -0.123. The summed E-state index contributed by atoms with van der Waals surface area (Å²) in [7, 11) is 0. The molecular formula is C17H20N4O. The molecule has 0 saturated carbocycles. The first-order valence-electron chi connectivity index (χ1n) is 7.46. The average molecular weight is 296 g/mol. The Morgan fingerprint density at radius 1 is 1.27 bits per heavy atom. The highest BCUT2D eigenvalue weighted by Crippen LogP contribution is 2.22. The number of nitrogens with zero attached hydrogens (tertiary/aromatic N) is 1. The Morgan fingerprint density at radius 2 is 2.09 bits per heavy atom. The van der Waals surface area contributed by atoms with Crippen molar-refractivity contribution in [3.63, 3.8) is 0 Å². The van der Waals surface area contributed by atoms with Crippen LogP contribution in [0.15, 0.2) is 48.8 Å². The summed E-state index contributed by atoms with van der Waals surface area (Å²) in [4.78, 5) is 16.3. The van der Waals surface area contributed by atoms with Crippen LogP contribution in [0.1, 0.15) is 29.2 Å². The van der Waals surface area contributed by atoms with Crippen molar-refractivity contribution in [2.75, 3.05) is 0 Å². The monoisotopic (exact) mass is 296 g/mol. The van der Waals surface area contributed by atoms with Gasteiger partial charge < -0.3 is 5.32 Å². The van der Waals surface area contributed by atoms with E-state index in [4.69, 9.17) is 0 Å². The Labute approximate surface area is 130 Å². The summed E-state index contributed by atoms with van der Waals surface area (Å²) in [5.41, 5.74) is 9.71. The van der Waals surface area contributed by atoms with E-state index in [9.17, 15) is 4.79 Å². The van der Waals surface area contributed by atoms with Gasteiger partial charge in [-0.1, -0.05) is 35.9 Å². The van der Waals surface area contributed by atoms with Crippen LogP contribution >= 0.6 is 0 Å². The van der Waals surface area contributed by atoms with Crippen LogP contribution in [0.5, 0.6) is 0 Å². The van der Waals surface area contributed by atoms with Crippen molar-refractivity contribution in [3.8, 4) is 0 Å². The highest BCUT2D eigenvalue weighted by Gasteiger charge is 2.29. The Balaban J connectivity index is 1.53. The van der Waals surface area contributed by atoms with Gasteiger partial charge in [-0.05, 0) is 30.5 Å². The molecule has 0 spiro atoms. The number of hydrogen-bond donors (Lipinski definition) is 3. The number of carbonyl (C=O) groups is 1. The number of hydrogen-bond acceptors (Lipinski definition) is 4. The normalized spacial score (nSPS) is 20.8. The van der Waals surface area contributed by atoms with Crippen molar-refractivity contribution in [2.45, 2.75) is 32.0 Å². The summed E-state index contributed by atoms with van der Waals surface area (Å²) < 4.78 is 0. The minimum Gasteiger partial charge on any atom is -0.351 e. The van der Waals surface area contributed by atoms with Gasteiger partial charge in [-0.15, -0.1) is 0 Å². The van der Waals surface area contributed by atoms with Crippen molar-refractivity contribution >= 4 is 5.91 Å². The van der Waals surface area contributed by atoms with Gasteiger partial charge in [0.05, 0.1) is 0 Å². The van der Waals surface area contributed by atoms with Crippen LogP contribution in [0.4, 0.5) is 0 Å². The molecule has 5 nitrogen and oxygen atoms in total. The Kier molecular flexibility index (Phi) is 4.46. The smallest absolute Gasteiger partial charge is 0.238 e. The number of nitrogens with one attached hydrogen (secondary N) is 3. The van der Waals surface area contributed by atoms with Crippen LogP contribution in [0.2, 0.25) is 0 Å². The van der Waals surface area contributed by atoms with E-state index in [0.717, 1.165) is 12.0 Å². The minimum atomic E-state index is -0.219. The molecule has 1 aliphatic heterocycles. The topological polar surface area (TPSA) is 66.0 Å². The van der Waals surface area contributed by atoms with Crippen molar-refractivity contribution < 1.29 is 4.79 Å². The van der Waals surface area contributed by atoms with Crippen molar-refractivity contribution in [2.24, 2.45) is 0 Å². The first-order chi connectivity index (χ1) is 10.7.